The van der Waals surface area contributed by atoms with E-state index in [0.717, 1.165) is 5.56 Å². The third kappa shape index (κ3) is 3.12. The third-order valence-corrected chi connectivity index (χ3v) is 3.85. The lowest BCUT2D eigenvalue weighted by Crippen LogP contribution is -2.55. The molecule has 0 radical (unpaired) electrons. The molecule has 1 aromatic rings. The summed E-state index contributed by atoms with van der Waals surface area (Å²) in [5, 5.41) is 10.4. The molecule has 21 heavy (non-hydrogen) atoms. The summed E-state index contributed by atoms with van der Waals surface area (Å²) in [6.45, 7) is 5.97. The number of aliphatic hydroxyl groups excluding tert-OH is 1. The van der Waals surface area contributed by atoms with Gasteiger partial charge >= 0.3 is 0 Å². The van der Waals surface area contributed by atoms with E-state index in [1.165, 1.54) is 0 Å². The van der Waals surface area contributed by atoms with Gasteiger partial charge in [-0.3, -0.25) is 0 Å². The smallest absolute Gasteiger partial charge is 0.186 e. The van der Waals surface area contributed by atoms with Crippen molar-refractivity contribution in [2.75, 3.05) is 0 Å². The molecule has 0 bridgehead atoms. The van der Waals surface area contributed by atoms with E-state index in [9.17, 15) is 5.11 Å². The molecule has 5 nitrogen and oxygen atoms in total. The Hall–Kier alpha value is -0.980. The maximum absolute atomic E-state index is 10.4. The lowest BCUT2D eigenvalue weighted by Gasteiger charge is -2.38. The zero-order valence-electron chi connectivity index (χ0n) is 12.6. The summed E-state index contributed by atoms with van der Waals surface area (Å²) in [4.78, 5) is 0. The molecule has 2 heterocycles. The normalized spacial score (nSPS) is 38.2. The van der Waals surface area contributed by atoms with Gasteiger partial charge in [0.15, 0.2) is 12.1 Å². The fraction of sp³-hybridized carbons (Fsp3) is 0.625. The van der Waals surface area contributed by atoms with E-state index in [4.69, 9.17) is 18.9 Å². The number of rotatable bonds is 3. The highest BCUT2D eigenvalue weighted by Crippen LogP contribution is 2.37. The minimum Gasteiger partial charge on any atom is -0.385 e. The van der Waals surface area contributed by atoms with E-state index >= 15 is 0 Å². The summed E-state index contributed by atoms with van der Waals surface area (Å²) in [6.07, 6.45) is -2.47. The maximum Gasteiger partial charge on any atom is 0.186 e. The summed E-state index contributed by atoms with van der Waals surface area (Å²) < 4.78 is 23.0. The zero-order valence-corrected chi connectivity index (χ0v) is 12.6. The van der Waals surface area contributed by atoms with E-state index < -0.39 is 24.3 Å². The van der Waals surface area contributed by atoms with Crippen molar-refractivity contribution in [2.24, 2.45) is 0 Å². The van der Waals surface area contributed by atoms with Crippen LogP contribution >= 0.6 is 0 Å². The van der Waals surface area contributed by atoms with Crippen molar-refractivity contribution in [1.29, 1.82) is 0 Å². The van der Waals surface area contributed by atoms with Crippen molar-refractivity contribution >= 4 is 0 Å². The molecule has 116 valence electrons. The first-order valence-corrected chi connectivity index (χ1v) is 7.31. The van der Waals surface area contributed by atoms with Crippen LogP contribution in [0.25, 0.3) is 0 Å². The van der Waals surface area contributed by atoms with E-state index in [1.807, 2.05) is 51.1 Å². The summed E-state index contributed by atoms with van der Waals surface area (Å²) in [5.41, 5.74) is 1.03. The van der Waals surface area contributed by atoms with Crippen LogP contribution in [0.2, 0.25) is 0 Å². The van der Waals surface area contributed by atoms with Crippen molar-refractivity contribution in [3.05, 3.63) is 35.9 Å². The average molecular weight is 294 g/mol. The van der Waals surface area contributed by atoms with Crippen LogP contribution in [0.4, 0.5) is 0 Å². The molecule has 5 atom stereocenters. The predicted octanol–water partition coefficient (Wildman–Crippen LogP) is 1.83. The third-order valence-electron chi connectivity index (χ3n) is 3.85. The minimum atomic E-state index is -0.864. The molecule has 0 unspecified atom stereocenters. The molecule has 2 aliphatic heterocycles. The molecule has 0 aromatic heterocycles. The first kappa shape index (κ1) is 14.9. The van der Waals surface area contributed by atoms with Crippen LogP contribution in [-0.4, -0.2) is 41.6 Å². The van der Waals surface area contributed by atoms with Crippen LogP contribution in [0.15, 0.2) is 30.3 Å². The summed E-state index contributed by atoms with van der Waals surface area (Å²) >= 11 is 0. The van der Waals surface area contributed by atoms with Crippen molar-refractivity contribution < 1.29 is 24.1 Å². The van der Waals surface area contributed by atoms with Gasteiger partial charge < -0.3 is 24.1 Å². The lowest BCUT2D eigenvalue weighted by molar-refractivity contribution is -0.277. The van der Waals surface area contributed by atoms with Gasteiger partial charge in [-0.2, -0.15) is 0 Å². The first-order chi connectivity index (χ1) is 9.96. The van der Waals surface area contributed by atoms with Crippen LogP contribution in [0.1, 0.15) is 26.3 Å². The highest BCUT2D eigenvalue weighted by molar-refractivity contribution is 5.13. The Balaban J connectivity index is 1.65. The highest BCUT2D eigenvalue weighted by atomic mass is 16.8. The number of hydrogen-bond donors (Lipinski definition) is 1. The molecule has 0 saturated carbocycles. The van der Waals surface area contributed by atoms with E-state index in [-0.39, 0.29) is 12.2 Å². The lowest BCUT2D eigenvalue weighted by atomic mass is 10.00. The first-order valence-electron chi connectivity index (χ1n) is 7.31. The Morgan fingerprint density at radius 3 is 2.52 bits per heavy atom. The summed E-state index contributed by atoms with van der Waals surface area (Å²) in [7, 11) is 0. The maximum atomic E-state index is 10.4. The van der Waals surface area contributed by atoms with Gasteiger partial charge in [-0.15, -0.1) is 0 Å². The van der Waals surface area contributed by atoms with Gasteiger partial charge in [-0.25, -0.2) is 0 Å². The Labute approximate surface area is 124 Å². The average Bonchev–Trinajstić information content (AvgIpc) is 2.79. The van der Waals surface area contributed by atoms with E-state index in [2.05, 4.69) is 0 Å². The van der Waals surface area contributed by atoms with Gasteiger partial charge in [0, 0.05) is 0 Å². The number of aliphatic hydroxyl groups is 1. The van der Waals surface area contributed by atoms with Crippen molar-refractivity contribution in [3.63, 3.8) is 0 Å². The molecule has 3 rings (SSSR count). The molecular weight excluding hydrogens is 272 g/mol. The molecule has 1 N–H and O–H groups in total. The number of hydrogen-bond acceptors (Lipinski definition) is 5. The van der Waals surface area contributed by atoms with Crippen LogP contribution < -0.4 is 0 Å². The second kappa shape index (κ2) is 5.66. The molecule has 1 aromatic carbocycles. The molecule has 2 aliphatic rings. The molecule has 0 aliphatic carbocycles. The van der Waals surface area contributed by atoms with E-state index in [1.54, 1.807) is 0 Å². The molecule has 2 fully saturated rings. The standard InChI is InChI=1S/C16H22O5/c1-10-13-14(21-16(2,3)20-13)12(17)15(19-10)18-9-11-7-5-4-6-8-11/h4-8,10,12-15,17H,9H2,1-3H3/t10-,12-,13+,14-,15+/m0/s1. The van der Waals surface area contributed by atoms with Crippen molar-refractivity contribution in [2.45, 2.75) is 63.9 Å². The van der Waals surface area contributed by atoms with E-state index in [0.29, 0.717) is 6.61 Å². The van der Waals surface area contributed by atoms with Crippen LogP contribution in [-0.2, 0) is 25.6 Å². The van der Waals surface area contributed by atoms with Crippen molar-refractivity contribution in [3.8, 4) is 0 Å². The van der Waals surface area contributed by atoms with Gasteiger partial charge in [0.05, 0.1) is 12.7 Å². The second-order valence-corrected chi connectivity index (χ2v) is 6.06. The van der Waals surface area contributed by atoms with Gasteiger partial charge in [0.2, 0.25) is 0 Å². The zero-order chi connectivity index (χ0) is 15.0. The number of ether oxygens (including phenoxy) is 4. The molecule has 0 spiro atoms. The monoisotopic (exact) mass is 294 g/mol. The second-order valence-electron chi connectivity index (χ2n) is 6.06. The molecule has 0 amide bonds. The molecular formula is C16H22O5. The molecule has 2 saturated heterocycles. The van der Waals surface area contributed by atoms with Crippen LogP contribution in [0.5, 0.6) is 0 Å². The van der Waals surface area contributed by atoms with Gasteiger partial charge in [0.25, 0.3) is 0 Å². The fourth-order valence-corrected chi connectivity index (χ4v) is 2.86. The number of fused-ring (bicyclic) bond motifs is 1. The predicted molar refractivity (Wildman–Crippen MR) is 75.4 cm³/mol. The van der Waals surface area contributed by atoms with Gasteiger partial charge in [-0.1, -0.05) is 30.3 Å². The number of benzene rings is 1. The Morgan fingerprint density at radius 2 is 1.81 bits per heavy atom. The summed E-state index contributed by atoms with van der Waals surface area (Å²) in [5.74, 6) is -0.706. The highest BCUT2D eigenvalue weighted by Gasteiger charge is 2.53. The quantitative estimate of drug-likeness (QED) is 0.921. The Morgan fingerprint density at radius 1 is 1.14 bits per heavy atom. The molecule has 5 heteroatoms. The summed E-state index contributed by atoms with van der Waals surface area (Å²) in [6, 6.07) is 9.80. The van der Waals surface area contributed by atoms with Gasteiger partial charge in [-0.05, 0) is 26.3 Å². The SMILES string of the molecule is C[C@@H]1O[C@@H](OCc2ccccc2)[C@@H](O)[C@@H]2OC(C)(C)O[C@@H]21. The van der Waals surface area contributed by atoms with Crippen molar-refractivity contribution in [1.82, 2.24) is 0 Å². The fourth-order valence-electron chi connectivity index (χ4n) is 2.86. The largest absolute Gasteiger partial charge is 0.385 e. The topological polar surface area (TPSA) is 57.2 Å². The Kier molecular flexibility index (Phi) is 4.03. The Bertz CT molecular complexity index is 475. The van der Waals surface area contributed by atoms with Gasteiger partial charge in [0.1, 0.15) is 18.3 Å². The van der Waals surface area contributed by atoms with Crippen LogP contribution in [0, 0.1) is 0 Å². The van der Waals surface area contributed by atoms with Crippen LogP contribution in [0.3, 0.4) is 0 Å². The minimum absolute atomic E-state index is 0.194.